The SMILES string of the molecule is c1cc2c(cc1OCC1COC1)CNCC2. The maximum absolute atomic E-state index is 5.77. The molecule has 0 amide bonds. The molecule has 3 nitrogen and oxygen atoms in total. The van der Waals surface area contributed by atoms with Gasteiger partial charge >= 0.3 is 0 Å². The second-order valence-corrected chi connectivity index (χ2v) is 4.57. The molecule has 0 saturated carbocycles. The van der Waals surface area contributed by atoms with Gasteiger partial charge in [-0.25, -0.2) is 0 Å². The third-order valence-corrected chi connectivity index (χ3v) is 3.26. The van der Waals surface area contributed by atoms with Crippen molar-refractivity contribution in [2.45, 2.75) is 13.0 Å². The zero-order chi connectivity index (χ0) is 10.8. The van der Waals surface area contributed by atoms with E-state index in [2.05, 4.69) is 23.5 Å². The van der Waals surface area contributed by atoms with Crippen LogP contribution in [0.5, 0.6) is 5.75 Å². The highest BCUT2D eigenvalue weighted by molar-refractivity contribution is 5.37. The van der Waals surface area contributed by atoms with Crippen LogP contribution < -0.4 is 10.1 Å². The third-order valence-electron chi connectivity index (χ3n) is 3.26. The first kappa shape index (κ1) is 10.1. The molecule has 16 heavy (non-hydrogen) atoms. The summed E-state index contributed by atoms with van der Waals surface area (Å²) in [6, 6.07) is 6.45. The van der Waals surface area contributed by atoms with Gasteiger partial charge in [-0.05, 0) is 36.2 Å². The van der Waals surface area contributed by atoms with Crippen LogP contribution in [-0.2, 0) is 17.7 Å². The molecule has 2 heterocycles. The Bertz CT molecular complexity index is 374. The molecule has 2 aliphatic rings. The summed E-state index contributed by atoms with van der Waals surface area (Å²) in [5, 5.41) is 3.38. The second-order valence-electron chi connectivity index (χ2n) is 4.57. The van der Waals surface area contributed by atoms with Gasteiger partial charge in [0.25, 0.3) is 0 Å². The van der Waals surface area contributed by atoms with E-state index in [0.717, 1.165) is 45.1 Å². The number of fused-ring (bicyclic) bond motifs is 1. The van der Waals surface area contributed by atoms with Crippen molar-refractivity contribution in [2.24, 2.45) is 5.92 Å². The molecule has 0 aliphatic carbocycles. The molecule has 3 heteroatoms. The van der Waals surface area contributed by atoms with Gasteiger partial charge in [-0.2, -0.15) is 0 Å². The van der Waals surface area contributed by atoms with Gasteiger partial charge in [-0.1, -0.05) is 6.07 Å². The Balaban J connectivity index is 1.65. The van der Waals surface area contributed by atoms with Crippen LogP contribution in [0.15, 0.2) is 18.2 Å². The average molecular weight is 219 g/mol. The number of hydrogen-bond acceptors (Lipinski definition) is 3. The van der Waals surface area contributed by atoms with Crippen LogP contribution in [0.25, 0.3) is 0 Å². The predicted molar refractivity (Wildman–Crippen MR) is 61.7 cm³/mol. The molecule has 1 N–H and O–H groups in total. The van der Waals surface area contributed by atoms with E-state index in [9.17, 15) is 0 Å². The van der Waals surface area contributed by atoms with Crippen LogP contribution in [0.2, 0.25) is 0 Å². The van der Waals surface area contributed by atoms with Crippen LogP contribution in [0.1, 0.15) is 11.1 Å². The monoisotopic (exact) mass is 219 g/mol. The summed E-state index contributed by atoms with van der Waals surface area (Å²) in [5.74, 6) is 1.59. The Morgan fingerprint density at radius 2 is 2.25 bits per heavy atom. The van der Waals surface area contributed by atoms with E-state index in [-0.39, 0.29) is 0 Å². The Hall–Kier alpha value is -1.06. The summed E-state index contributed by atoms with van der Waals surface area (Å²) in [6.07, 6.45) is 1.13. The number of ether oxygens (including phenoxy) is 2. The summed E-state index contributed by atoms with van der Waals surface area (Å²) < 4.78 is 10.9. The van der Waals surface area contributed by atoms with Crippen LogP contribution in [-0.4, -0.2) is 26.4 Å². The lowest BCUT2D eigenvalue weighted by atomic mass is 10.0. The van der Waals surface area contributed by atoms with Gasteiger partial charge in [-0.15, -0.1) is 0 Å². The average Bonchev–Trinajstić information content (AvgIpc) is 2.27. The lowest BCUT2D eigenvalue weighted by molar-refractivity contribution is -0.0508. The van der Waals surface area contributed by atoms with E-state index in [1.54, 1.807) is 0 Å². The predicted octanol–water partition coefficient (Wildman–Crippen LogP) is 1.36. The zero-order valence-electron chi connectivity index (χ0n) is 9.37. The molecule has 0 bridgehead atoms. The molecular formula is C13H17NO2. The van der Waals surface area contributed by atoms with Crippen LogP contribution in [0, 0.1) is 5.92 Å². The maximum Gasteiger partial charge on any atom is 0.119 e. The Morgan fingerprint density at radius 3 is 3.06 bits per heavy atom. The third kappa shape index (κ3) is 2.06. The minimum absolute atomic E-state index is 0.592. The Labute approximate surface area is 95.8 Å². The second kappa shape index (κ2) is 4.44. The normalized spacial score (nSPS) is 20.0. The topological polar surface area (TPSA) is 30.5 Å². The summed E-state index contributed by atoms with van der Waals surface area (Å²) in [6.45, 7) is 4.55. The number of nitrogens with one attached hydrogen (secondary N) is 1. The van der Waals surface area contributed by atoms with E-state index in [4.69, 9.17) is 9.47 Å². The summed E-state index contributed by atoms with van der Waals surface area (Å²) in [7, 11) is 0. The molecule has 0 spiro atoms. The minimum Gasteiger partial charge on any atom is -0.493 e. The fourth-order valence-electron chi connectivity index (χ4n) is 2.14. The fraction of sp³-hybridized carbons (Fsp3) is 0.538. The maximum atomic E-state index is 5.77. The molecule has 1 aromatic rings. The van der Waals surface area contributed by atoms with Crippen LogP contribution in [0.4, 0.5) is 0 Å². The summed E-state index contributed by atoms with van der Waals surface area (Å²) in [4.78, 5) is 0. The number of hydrogen-bond donors (Lipinski definition) is 1. The van der Waals surface area contributed by atoms with Crippen LogP contribution in [0.3, 0.4) is 0 Å². The molecular weight excluding hydrogens is 202 g/mol. The lowest BCUT2D eigenvalue weighted by Gasteiger charge is -2.26. The highest BCUT2D eigenvalue weighted by Crippen LogP contribution is 2.21. The van der Waals surface area contributed by atoms with E-state index < -0.39 is 0 Å². The van der Waals surface area contributed by atoms with Crippen molar-refractivity contribution in [3.8, 4) is 5.75 Å². The van der Waals surface area contributed by atoms with E-state index >= 15 is 0 Å². The van der Waals surface area contributed by atoms with Crippen LogP contribution >= 0.6 is 0 Å². The lowest BCUT2D eigenvalue weighted by Crippen LogP contribution is -2.32. The van der Waals surface area contributed by atoms with Crippen molar-refractivity contribution in [3.05, 3.63) is 29.3 Å². The molecule has 3 rings (SSSR count). The Morgan fingerprint density at radius 1 is 1.31 bits per heavy atom. The van der Waals surface area contributed by atoms with Gasteiger partial charge in [0.05, 0.1) is 19.8 Å². The van der Waals surface area contributed by atoms with Gasteiger partial charge in [0.15, 0.2) is 0 Å². The van der Waals surface area contributed by atoms with E-state index in [1.165, 1.54) is 11.1 Å². The first-order valence-electron chi connectivity index (χ1n) is 5.95. The van der Waals surface area contributed by atoms with Gasteiger partial charge in [0.1, 0.15) is 5.75 Å². The van der Waals surface area contributed by atoms with Crippen molar-refractivity contribution in [2.75, 3.05) is 26.4 Å². The summed E-state index contributed by atoms with van der Waals surface area (Å²) >= 11 is 0. The van der Waals surface area contributed by atoms with Crippen molar-refractivity contribution in [3.63, 3.8) is 0 Å². The molecule has 1 aromatic carbocycles. The minimum atomic E-state index is 0.592. The molecule has 0 atom stereocenters. The quantitative estimate of drug-likeness (QED) is 0.832. The first-order chi connectivity index (χ1) is 7.92. The standard InChI is InChI=1S/C13H17NO2/c1-2-13(16-9-10-7-15-8-10)5-12-6-14-4-3-11(1)12/h1-2,5,10,14H,3-4,6-9H2. The molecule has 1 fully saturated rings. The molecule has 0 unspecified atom stereocenters. The highest BCUT2D eigenvalue weighted by atomic mass is 16.5. The van der Waals surface area contributed by atoms with Crippen molar-refractivity contribution in [1.82, 2.24) is 5.32 Å². The zero-order valence-corrected chi connectivity index (χ0v) is 9.37. The molecule has 1 saturated heterocycles. The molecule has 0 radical (unpaired) electrons. The summed E-state index contributed by atoms with van der Waals surface area (Å²) in [5.41, 5.74) is 2.84. The van der Waals surface area contributed by atoms with Crippen molar-refractivity contribution < 1.29 is 9.47 Å². The molecule has 2 aliphatic heterocycles. The number of benzene rings is 1. The molecule has 0 aromatic heterocycles. The van der Waals surface area contributed by atoms with E-state index in [1.807, 2.05) is 0 Å². The number of rotatable bonds is 3. The van der Waals surface area contributed by atoms with E-state index in [0.29, 0.717) is 5.92 Å². The highest BCUT2D eigenvalue weighted by Gasteiger charge is 2.19. The first-order valence-corrected chi connectivity index (χ1v) is 5.95. The van der Waals surface area contributed by atoms with Gasteiger partial charge < -0.3 is 14.8 Å². The fourth-order valence-corrected chi connectivity index (χ4v) is 2.14. The van der Waals surface area contributed by atoms with Gasteiger partial charge in [0.2, 0.25) is 0 Å². The Kier molecular flexibility index (Phi) is 2.80. The van der Waals surface area contributed by atoms with Gasteiger partial charge in [-0.3, -0.25) is 0 Å². The smallest absolute Gasteiger partial charge is 0.119 e. The van der Waals surface area contributed by atoms with Crippen molar-refractivity contribution >= 4 is 0 Å². The van der Waals surface area contributed by atoms with Crippen molar-refractivity contribution in [1.29, 1.82) is 0 Å². The largest absolute Gasteiger partial charge is 0.493 e. The van der Waals surface area contributed by atoms with Gasteiger partial charge in [0, 0.05) is 12.5 Å². The molecule has 86 valence electrons.